The number of amides is 2. The van der Waals surface area contributed by atoms with Gasteiger partial charge in [-0.2, -0.15) is 0 Å². The van der Waals surface area contributed by atoms with E-state index in [0.717, 1.165) is 36.1 Å². The van der Waals surface area contributed by atoms with Crippen LogP contribution in [-0.4, -0.2) is 48.3 Å². The van der Waals surface area contributed by atoms with Crippen molar-refractivity contribution in [2.45, 2.75) is 39.7 Å². The van der Waals surface area contributed by atoms with Crippen LogP contribution in [0.3, 0.4) is 0 Å². The van der Waals surface area contributed by atoms with Crippen molar-refractivity contribution in [2.75, 3.05) is 32.0 Å². The van der Waals surface area contributed by atoms with Crippen LogP contribution in [0.15, 0.2) is 42.5 Å². The van der Waals surface area contributed by atoms with Gasteiger partial charge in [0.15, 0.2) is 0 Å². The summed E-state index contributed by atoms with van der Waals surface area (Å²) in [5, 5.41) is 2.96. The summed E-state index contributed by atoms with van der Waals surface area (Å²) in [4.78, 5) is 29.5. The van der Waals surface area contributed by atoms with Crippen molar-refractivity contribution in [3.8, 4) is 0 Å². The third-order valence-electron chi connectivity index (χ3n) is 6.99. The Morgan fingerprint density at radius 1 is 1.16 bits per heavy atom. The Morgan fingerprint density at radius 2 is 1.94 bits per heavy atom. The fourth-order valence-corrected chi connectivity index (χ4v) is 4.99. The number of piperidine rings is 1. The van der Waals surface area contributed by atoms with Gasteiger partial charge in [0.25, 0.3) is 11.8 Å². The van der Waals surface area contributed by atoms with E-state index < -0.39 is 0 Å². The van der Waals surface area contributed by atoms with E-state index >= 15 is 0 Å². The van der Waals surface area contributed by atoms with Crippen LogP contribution >= 0.6 is 0 Å². The molecule has 1 N–H and O–H groups in total. The van der Waals surface area contributed by atoms with Crippen LogP contribution in [0.2, 0.25) is 0 Å². The SMILES string of the molecule is CCN1CC[C@H](CCc2ccc(NC(=O)c3cccc4c3C(=O)N(C)C4)cc2)[C@@H](C)C1. The molecule has 1 saturated heterocycles. The fraction of sp³-hybridized carbons (Fsp3) is 0.462. The molecule has 1 fully saturated rings. The summed E-state index contributed by atoms with van der Waals surface area (Å²) in [6.07, 6.45) is 3.58. The van der Waals surface area contributed by atoms with Crippen molar-refractivity contribution < 1.29 is 9.59 Å². The summed E-state index contributed by atoms with van der Waals surface area (Å²) in [5.41, 5.74) is 3.95. The molecule has 0 bridgehead atoms. The van der Waals surface area contributed by atoms with Gasteiger partial charge in [0.05, 0.1) is 11.1 Å². The van der Waals surface area contributed by atoms with Gasteiger partial charge in [-0.05, 0) is 73.5 Å². The molecule has 2 heterocycles. The fourth-order valence-electron chi connectivity index (χ4n) is 4.99. The zero-order chi connectivity index (χ0) is 22.0. The summed E-state index contributed by atoms with van der Waals surface area (Å²) >= 11 is 0. The lowest BCUT2D eigenvalue weighted by Gasteiger charge is -2.36. The molecule has 0 unspecified atom stereocenters. The van der Waals surface area contributed by atoms with Crippen molar-refractivity contribution in [1.29, 1.82) is 0 Å². The first-order chi connectivity index (χ1) is 15.0. The predicted octanol–water partition coefficient (Wildman–Crippen LogP) is 4.44. The zero-order valence-electron chi connectivity index (χ0n) is 18.9. The molecule has 0 spiro atoms. The van der Waals surface area contributed by atoms with Crippen LogP contribution < -0.4 is 5.32 Å². The molecule has 164 valence electrons. The van der Waals surface area contributed by atoms with E-state index in [2.05, 4.69) is 36.2 Å². The first-order valence-electron chi connectivity index (χ1n) is 11.5. The summed E-state index contributed by atoms with van der Waals surface area (Å²) in [6, 6.07) is 13.6. The van der Waals surface area contributed by atoms with Crippen LogP contribution in [0.4, 0.5) is 5.69 Å². The summed E-state index contributed by atoms with van der Waals surface area (Å²) in [5.74, 6) is 1.22. The largest absolute Gasteiger partial charge is 0.337 e. The first kappa shape index (κ1) is 21.6. The van der Waals surface area contributed by atoms with E-state index in [9.17, 15) is 9.59 Å². The number of nitrogens with one attached hydrogen (secondary N) is 1. The minimum absolute atomic E-state index is 0.0879. The minimum Gasteiger partial charge on any atom is -0.337 e. The Balaban J connectivity index is 1.35. The van der Waals surface area contributed by atoms with Crippen molar-refractivity contribution in [3.63, 3.8) is 0 Å². The Hall–Kier alpha value is -2.66. The molecule has 2 amide bonds. The number of nitrogens with zero attached hydrogens (tertiary/aromatic N) is 2. The number of anilines is 1. The van der Waals surface area contributed by atoms with Gasteiger partial charge in [0.2, 0.25) is 0 Å². The molecule has 2 aliphatic rings. The Morgan fingerprint density at radius 3 is 2.65 bits per heavy atom. The monoisotopic (exact) mass is 419 g/mol. The van der Waals surface area contributed by atoms with Crippen molar-refractivity contribution in [2.24, 2.45) is 11.8 Å². The highest BCUT2D eigenvalue weighted by Crippen LogP contribution is 2.28. The maximum atomic E-state index is 12.8. The summed E-state index contributed by atoms with van der Waals surface area (Å²) in [7, 11) is 1.76. The lowest BCUT2D eigenvalue weighted by Crippen LogP contribution is -2.39. The topological polar surface area (TPSA) is 52.7 Å². The van der Waals surface area contributed by atoms with Crippen LogP contribution in [0, 0.1) is 11.8 Å². The Labute approximate surface area is 185 Å². The van der Waals surface area contributed by atoms with E-state index in [-0.39, 0.29) is 11.8 Å². The standard InChI is InChI=1S/C26H33N3O2/c1-4-29-15-14-20(18(2)16-29)11-8-19-9-12-22(13-10-19)27-25(30)23-7-5-6-21-17-28(3)26(31)24(21)23/h5-7,9-10,12-13,18,20H,4,8,11,14-17H2,1-3H3,(H,27,30)/t18-,20-/m0/s1. The maximum Gasteiger partial charge on any atom is 0.256 e. The molecule has 2 aromatic carbocycles. The molecule has 4 rings (SSSR count). The van der Waals surface area contributed by atoms with Gasteiger partial charge in [0.1, 0.15) is 0 Å². The van der Waals surface area contributed by atoms with Crippen molar-refractivity contribution in [1.82, 2.24) is 9.80 Å². The molecule has 0 aliphatic carbocycles. The van der Waals surface area contributed by atoms with Crippen LogP contribution in [0.5, 0.6) is 0 Å². The maximum absolute atomic E-state index is 12.8. The normalized spacial score (nSPS) is 21.3. The van der Waals surface area contributed by atoms with E-state index in [0.29, 0.717) is 17.7 Å². The summed E-state index contributed by atoms with van der Waals surface area (Å²) < 4.78 is 0. The van der Waals surface area contributed by atoms with Crippen molar-refractivity contribution >= 4 is 17.5 Å². The third kappa shape index (κ3) is 4.67. The van der Waals surface area contributed by atoms with Gasteiger partial charge >= 0.3 is 0 Å². The highest BCUT2D eigenvalue weighted by atomic mass is 16.2. The smallest absolute Gasteiger partial charge is 0.256 e. The molecule has 2 aliphatic heterocycles. The van der Waals surface area contributed by atoms with E-state index in [1.54, 1.807) is 18.0 Å². The average molecular weight is 420 g/mol. The predicted molar refractivity (Wildman–Crippen MR) is 124 cm³/mol. The molecule has 2 aromatic rings. The number of benzene rings is 2. The number of hydrogen-bond donors (Lipinski definition) is 1. The number of rotatable bonds is 6. The molecule has 31 heavy (non-hydrogen) atoms. The quantitative estimate of drug-likeness (QED) is 0.753. The average Bonchev–Trinajstić information content (AvgIpc) is 3.07. The number of hydrogen-bond acceptors (Lipinski definition) is 3. The molecule has 0 radical (unpaired) electrons. The number of likely N-dealkylation sites (tertiary alicyclic amines) is 1. The highest BCUT2D eigenvalue weighted by molar-refractivity contribution is 6.13. The van der Waals surface area contributed by atoms with Crippen LogP contribution in [0.1, 0.15) is 58.5 Å². The van der Waals surface area contributed by atoms with Gasteiger partial charge in [-0.1, -0.05) is 38.1 Å². The molecule has 0 saturated carbocycles. The molecular formula is C26H33N3O2. The molecule has 0 aromatic heterocycles. The highest BCUT2D eigenvalue weighted by Gasteiger charge is 2.29. The van der Waals surface area contributed by atoms with Gasteiger partial charge in [-0.15, -0.1) is 0 Å². The van der Waals surface area contributed by atoms with Gasteiger partial charge in [0, 0.05) is 25.8 Å². The van der Waals surface area contributed by atoms with Crippen molar-refractivity contribution in [3.05, 3.63) is 64.7 Å². The number of fused-ring (bicyclic) bond motifs is 1. The lowest BCUT2D eigenvalue weighted by molar-refractivity contribution is 0.0812. The second-order valence-electron chi connectivity index (χ2n) is 9.11. The number of carbonyl (C=O) groups excluding carboxylic acids is 2. The van der Waals surface area contributed by atoms with E-state index in [4.69, 9.17) is 0 Å². The Kier molecular flexibility index (Phi) is 6.42. The zero-order valence-corrected chi connectivity index (χ0v) is 18.9. The second-order valence-corrected chi connectivity index (χ2v) is 9.11. The molecule has 2 atom stereocenters. The van der Waals surface area contributed by atoms with E-state index in [1.807, 2.05) is 24.3 Å². The van der Waals surface area contributed by atoms with Gasteiger partial charge in [-0.3, -0.25) is 9.59 Å². The van der Waals surface area contributed by atoms with Gasteiger partial charge in [-0.25, -0.2) is 0 Å². The molecular weight excluding hydrogens is 386 g/mol. The number of carbonyl (C=O) groups is 2. The lowest BCUT2D eigenvalue weighted by atomic mass is 9.83. The number of aryl methyl sites for hydroxylation is 1. The van der Waals surface area contributed by atoms with E-state index in [1.165, 1.54) is 31.5 Å². The molecule has 5 heteroatoms. The first-order valence-corrected chi connectivity index (χ1v) is 11.5. The second kappa shape index (κ2) is 9.23. The Bertz CT molecular complexity index is 954. The van der Waals surface area contributed by atoms with Gasteiger partial charge < -0.3 is 15.1 Å². The van der Waals surface area contributed by atoms with Crippen LogP contribution in [-0.2, 0) is 13.0 Å². The summed E-state index contributed by atoms with van der Waals surface area (Å²) in [6.45, 7) is 8.77. The van der Waals surface area contributed by atoms with Crippen LogP contribution in [0.25, 0.3) is 0 Å². The minimum atomic E-state index is -0.232. The third-order valence-corrected chi connectivity index (χ3v) is 6.99. The molecule has 5 nitrogen and oxygen atoms in total.